The van der Waals surface area contributed by atoms with Gasteiger partial charge in [-0.1, -0.05) is 30.3 Å². The number of methoxy groups -OCH3 is 1. The number of carbonyl (C=O) groups is 1. The summed E-state index contributed by atoms with van der Waals surface area (Å²) in [6, 6.07) is 9.81. The third-order valence-electron chi connectivity index (χ3n) is 4.17. The Bertz CT molecular complexity index is 448. The molecule has 0 spiro atoms. The second-order valence-electron chi connectivity index (χ2n) is 5.75. The number of hydrogen-bond acceptors (Lipinski definition) is 3. The average molecular weight is 277 g/mol. The van der Waals surface area contributed by atoms with Crippen molar-refractivity contribution >= 4 is 5.97 Å². The maximum absolute atomic E-state index is 11.2. The Hall–Kier alpha value is -1.39. The molecule has 4 nitrogen and oxygen atoms in total. The molecule has 0 amide bonds. The van der Waals surface area contributed by atoms with Crippen molar-refractivity contribution in [1.29, 1.82) is 0 Å². The first-order chi connectivity index (χ1) is 9.54. The summed E-state index contributed by atoms with van der Waals surface area (Å²) in [6.45, 7) is 3.80. The zero-order valence-corrected chi connectivity index (χ0v) is 12.2. The first-order valence-electron chi connectivity index (χ1n) is 7.10. The predicted molar refractivity (Wildman–Crippen MR) is 77.7 cm³/mol. The molecule has 0 radical (unpaired) electrons. The molecule has 0 bridgehead atoms. The number of hydrogen-bond donors (Lipinski definition) is 1. The summed E-state index contributed by atoms with van der Waals surface area (Å²) in [7, 11) is 1.73. The maximum Gasteiger partial charge on any atom is 0.305 e. The molecule has 1 fully saturated rings. The Balaban J connectivity index is 2.20. The molecule has 0 saturated carbocycles. The van der Waals surface area contributed by atoms with Crippen LogP contribution in [0.2, 0.25) is 0 Å². The molecule has 1 aliphatic heterocycles. The van der Waals surface area contributed by atoms with Gasteiger partial charge in [0.1, 0.15) is 0 Å². The molecule has 0 aromatic heterocycles. The molecule has 1 aromatic carbocycles. The van der Waals surface area contributed by atoms with E-state index in [0.717, 1.165) is 31.5 Å². The van der Waals surface area contributed by atoms with Crippen LogP contribution in [0.25, 0.3) is 0 Å². The van der Waals surface area contributed by atoms with Crippen LogP contribution in [0.3, 0.4) is 0 Å². The number of ether oxygens (including phenoxy) is 1. The Kier molecular flexibility index (Phi) is 4.78. The van der Waals surface area contributed by atoms with E-state index in [4.69, 9.17) is 4.74 Å². The van der Waals surface area contributed by atoms with E-state index in [1.54, 1.807) is 7.11 Å². The van der Waals surface area contributed by atoms with Gasteiger partial charge in [-0.25, -0.2) is 0 Å². The number of rotatable bonds is 5. The Morgan fingerprint density at radius 3 is 2.75 bits per heavy atom. The minimum Gasteiger partial charge on any atom is -0.481 e. The fraction of sp³-hybridized carbons (Fsp3) is 0.562. The lowest BCUT2D eigenvalue weighted by Crippen LogP contribution is -2.48. The maximum atomic E-state index is 11.2. The van der Waals surface area contributed by atoms with Crippen LogP contribution in [0, 0.1) is 0 Å². The third-order valence-corrected chi connectivity index (χ3v) is 4.17. The summed E-state index contributed by atoms with van der Waals surface area (Å²) in [5, 5.41) is 9.21. The highest BCUT2D eigenvalue weighted by atomic mass is 16.5. The van der Waals surface area contributed by atoms with Gasteiger partial charge >= 0.3 is 5.97 Å². The van der Waals surface area contributed by atoms with E-state index in [1.165, 1.54) is 0 Å². The molecule has 20 heavy (non-hydrogen) atoms. The number of carboxylic acids is 1. The number of likely N-dealkylation sites (tertiary alicyclic amines) is 1. The molecule has 2 unspecified atom stereocenters. The third kappa shape index (κ3) is 3.58. The fourth-order valence-electron chi connectivity index (χ4n) is 2.97. The van der Waals surface area contributed by atoms with E-state index in [0.29, 0.717) is 0 Å². The Morgan fingerprint density at radius 1 is 1.45 bits per heavy atom. The fourth-order valence-corrected chi connectivity index (χ4v) is 2.97. The standard InChI is InChI=1S/C16H23NO3/c1-16(20-2)9-6-10-17(12-16)14(11-15(18)19)13-7-4-3-5-8-13/h3-5,7-8,14H,6,9-12H2,1-2H3,(H,18,19). The largest absolute Gasteiger partial charge is 0.481 e. The Morgan fingerprint density at radius 2 is 2.15 bits per heavy atom. The monoisotopic (exact) mass is 277 g/mol. The van der Waals surface area contributed by atoms with Gasteiger partial charge in [-0.15, -0.1) is 0 Å². The average Bonchev–Trinajstić information content (AvgIpc) is 2.45. The van der Waals surface area contributed by atoms with Gasteiger partial charge in [0.25, 0.3) is 0 Å². The predicted octanol–water partition coefficient (Wildman–Crippen LogP) is 2.70. The zero-order chi connectivity index (χ0) is 14.6. The molecular weight excluding hydrogens is 254 g/mol. The number of carboxylic acid groups (broad SMARTS) is 1. The van der Waals surface area contributed by atoms with E-state index in [2.05, 4.69) is 11.8 Å². The van der Waals surface area contributed by atoms with Crippen molar-refractivity contribution in [1.82, 2.24) is 4.90 Å². The minimum absolute atomic E-state index is 0.0801. The number of aliphatic carboxylic acids is 1. The number of benzene rings is 1. The van der Waals surface area contributed by atoms with Crippen LogP contribution in [-0.2, 0) is 9.53 Å². The highest BCUT2D eigenvalue weighted by Gasteiger charge is 2.35. The van der Waals surface area contributed by atoms with Gasteiger partial charge in [-0.05, 0) is 31.9 Å². The first-order valence-corrected chi connectivity index (χ1v) is 7.10. The highest BCUT2D eigenvalue weighted by molar-refractivity contribution is 5.68. The smallest absolute Gasteiger partial charge is 0.305 e. The van der Waals surface area contributed by atoms with Crippen molar-refractivity contribution in [3.8, 4) is 0 Å². The van der Waals surface area contributed by atoms with Crippen molar-refractivity contribution in [2.24, 2.45) is 0 Å². The quantitative estimate of drug-likeness (QED) is 0.899. The van der Waals surface area contributed by atoms with Gasteiger partial charge < -0.3 is 9.84 Å². The topological polar surface area (TPSA) is 49.8 Å². The van der Waals surface area contributed by atoms with Crippen molar-refractivity contribution in [2.45, 2.75) is 37.8 Å². The molecule has 110 valence electrons. The lowest BCUT2D eigenvalue weighted by Gasteiger charge is -2.43. The lowest BCUT2D eigenvalue weighted by molar-refractivity contribution is -0.139. The van der Waals surface area contributed by atoms with Crippen molar-refractivity contribution < 1.29 is 14.6 Å². The minimum atomic E-state index is -0.761. The molecule has 1 N–H and O–H groups in total. The van der Waals surface area contributed by atoms with Gasteiger partial charge in [0.05, 0.1) is 12.0 Å². The summed E-state index contributed by atoms with van der Waals surface area (Å²) in [5.41, 5.74) is 0.888. The van der Waals surface area contributed by atoms with Crippen LogP contribution < -0.4 is 0 Å². The van der Waals surface area contributed by atoms with Crippen molar-refractivity contribution in [3.05, 3.63) is 35.9 Å². The van der Waals surface area contributed by atoms with Crippen LogP contribution in [-0.4, -0.2) is 41.8 Å². The number of nitrogens with zero attached hydrogens (tertiary/aromatic N) is 1. The van der Waals surface area contributed by atoms with Gasteiger partial charge in [0.15, 0.2) is 0 Å². The molecule has 1 aromatic rings. The molecule has 1 saturated heterocycles. The van der Waals surface area contributed by atoms with Gasteiger partial charge in [0, 0.05) is 19.7 Å². The van der Waals surface area contributed by atoms with Crippen molar-refractivity contribution in [3.63, 3.8) is 0 Å². The zero-order valence-electron chi connectivity index (χ0n) is 12.2. The summed E-state index contributed by atoms with van der Waals surface area (Å²) in [6.07, 6.45) is 2.19. The summed E-state index contributed by atoms with van der Waals surface area (Å²) in [5.74, 6) is -0.761. The lowest BCUT2D eigenvalue weighted by atomic mass is 9.91. The van der Waals surface area contributed by atoms with Crippen LogP contribution in [0.5, 0.6) is 0 Å². The molecule has 1 aliphatic rings. The molecular formula is C16H23NO3. The van der Waals surface area contributed by atoms with Crippen molar-refractivity contribution in [2.75, 3.05) is 20.2 Å². The van der Waals surface area contributed by atoms with Gasteiger partial charge in [-0.3, -0.25) is 9.69 Å². The Labute approximate surface area is 120 Å². The van der Waals surface area contributed by atoms with E-state index in [-0.39, 0.29) is 18.1 Å². The summed E-state index contributed by atoms with van der Waals surface area (Å²) >= 11 is 0. The van der Waals surface area contributed by atoms with E-state index >= 15 is 0 Å². The van der Waals surface area contributed by atoms with E-state index < -0.39 is 5.97 Å². The molecule has 0 aliphatic carbocycles. The molecule has 1 heterocycles. The second kappa shape index (κ2) is 6.37. The van der Waals surface area contributed by atoms with E-state index in [9.17, 15) is 9.90 Å². The first kappa shape index (κ1) is 15.0. The molecule has 2 atom stereocenters. The normalized spacial score (nSPS) is 25.3. The SMILES string of the molecule is COC1(C)CCCN(C(CC(=O)O)c2ccccc2)C1. The number of piperidine rings is 1. The highest BCUT2D eigenvalue weighted by Crippen LogP contribution is 2.32. The van der Waals surface area contributed by atoms with Crippen LogP contribution in [0.15, 0.2) is 30.3 Å². The van der Waals surface area contributed by atoms with Crippen LogP contribution >= 0.6 is 0 Å². The molecule has 4 heteroatoms. The second-order valence-corrected chi connectivity index (χ2v) is 5.75. The van der Waals surface area contributed by atoms with Gasteiger partial charge in [-0.2, -0.15) is 0 Å². The summed E-state index contributed by atoms with van der Waals surface area (Å²) < 4.78 is 5.61. The summed E-state index contributed by atoms with van der Waals surface area (Å²) in [4.78, 5) is 13.4. The molecule has 2 rings (SSSR count). The van der Waals surface area contributed by atoms with Gasteiger partial charge in [0.2, 0.25) is 0 Å². The van der Waals surface area contributed by atoms with Crippen LogP contribution in [0.4, 0.5) is 0 Å². The van der Waals surface area contributed by atoms with E-state index in [1.807, 2.05) is 30.3 Å². The van der Waals surface area contributed by atoms with Crippen LogP contribution in [0.1, 0.15) is 37.8 Å².